The molecule has 5 rings (SSSR count). The van der Waals surface area contributed by atoms with Crippen LogP contribution in [-0.4, -0.2) is 50.7 Å². The minimum absolute atomic E-state index is 0.0161. The van der Waals surface area contributed by atoms with Crippen molar-refractivity contribution >= 4 is 29.1 Å². The van der Waals surface area contributed by atoms with E-state index in [0.717, 1.165) is 5.56 Å². The highest BCUT2D eigenvalue weighted by Gasteiger charge is 2.46. The highest BCUT2D eigenvalue weighted by molar-refractivity contribution is 6.46. The Kier molecular flexibility index (Phi) is 6.31. The number of nitrogens with zero attached hydrogens (tertiary/aromatic N) is 3. The lowest BCUT2D eigenvalue weighted by atomic mass is 9.95. The monoisotopic (exact) mass is 495 g/mol. The molecule has 0 radical (unpaired) electrons. The second kappa shape index (κ2) is 9.73. The number of ketones is 1. The zero-order valence-corrected chi connectivity index (χ0v) is 20.4. The van der Waals surface area contributed by atoms with Gasteiger partial charge in [-0.2, -0.15) is 0 Å². The summed E-state index contributed by atoms with van der Waals surface area (Å²) in [6, 6.07) is 20.8. The predicted octanol–water partition coefficient (Wildman–Crippen LogP) is 4.09. The standard InChI is InChI=1S/C29H25N3O5/c1-18-24(31-16-7-6-10-22(31)30-18)26(33)23-25(20-11-13-21(14-12-20)29(36)37-2)32(28(35)27(23)34)17-15-19-8-4-3-5-9-19/h3-14,16,25,33H,15,17H2,1-2H3. The smallest absolute Gasteiger partial charge is 0.337 e. The Morgan fingerprint density at radius 2 is 1.70 bits per heavy atom. The van der Waals surface area contributed by atoms with Crippen molar-refractivity contribution < 1.29 is 24.2 Å². The van der Waals surface area contributed by atoms with Crippen LogP contribution in [0, 0.1) is 6.92 Å². The zero-order chi connectivity index (χ0) is 26.1. The van der Waals surface area contributed by atoms with Crippen LogP contribution in [0.2, 0.25) is 0 Å². The number of pyridine rings is 1. The summed E-state index contributed by atoms with van der Waals surface area (Å²) in [4.78, 5) is 44.6. The summed E-state index contributed by atoms with van der Waals surface area (Å²) in [5, 5.41) is 11.5. The first kappa shape index (κ1) is 24.0. The number of aliphatic hydroxyl groups excluding tert-OH is 1. The van der Waals surface area contributed by atoms with Crippen LogP contribution in [-0.2, 0) is 20.7 Å². The first-order valence-corrected chi connectivity index (χ1v) is 11.9. The molecule has 0 aliphatic carbocycles. The van der Waals surface area contributed by atoms with Gasteiger partial charge in [0.15, 0.2) is 5.76 Å². The quantitative estimate of drug-likeness (QED) is 0.187. The number of aliphatic hydroxyl groups is 1. The lowest BCUT2D eigenvalue weighted by Gasteiger charge is -2.25. The van der Waals surface area contributed by atoms with E-state index in [2.05, 4.69) is 4.98 Å². The fourth-order valence-corrected chi connectivity index (χ4v) is 4.80. The number of amides is 1. The van der Waals surface area contributed by atoms with E-state index in [9.17, 15) is 19.5 Å². The summed E-state index contributed by atoms with van der Waals surface area (Å²) < 4.78 is 6.48. The number of carbonyl (C=O) groups excluding carboxylic acids is 3. The molecule has 4 aromatic rings. The molecule has 1 amide bonds. The third kappa shape index (κ3) is 4.27. The van der Waals surface area contributed by atoms with E-state index in [0.29, 0.717) is 34.6 Å². The SMILES string of the molecule is COC(=O)c1ccc(C2C(=C(O)c3c(C)nc4ccccn34)C(=O)C(=O)N2CCc2ccccc2)cc1. The van der Waals surface area contributed by atoms with Gasteiger partial charge in [0.05, 0.1) is 30.0 Å². The van der Waals surface area contributed by atoms with Crippen molar-refractivity contribution in [3.63, 3.8) is 0 Å². The minimum atomic E-state index is -0.843. The molecule has 186 valence electrons. The molecule has 8 heteroatoms. The predicted molar refractivity (Wildman–Crippen MR) is 137 cm³/mol. The van der Waals surface area contributed by atoms with Crippen LogP contribution in [0.5, 0.6) is 0 Å². The summed E-state index contributed by atoms with van der Waals surface area (Å²) in [6.07, 6.45) is 2.27. The molecule has 1 fully saturated rings. The molecule has 2 aromatic heterocycles. The number of hydrogen-bond donors (Lipinski definition) is 1. The molecule has 0 bridgehead atoms. The average molecular weight is 496 g/mol. The third-order valence-electron chi connectivity index (χ3n) is 6.60. The van der Waals surface area contributed by atoms with E-state index >= 15 is 0 Å². The Labute approximate surface area is 213 Å². The van der Waals surface area contributed by atoms with Gasteiger partial charge in [0.1, 0.15) is 11.3 Å². The molecule has 8 nitrogen and oxygen atoms in total. The van der Waals surface area contributed by atoms with E-state index in [1.807, 2.05) is 36.4 Å². The Balaban J connectivity index is 1.64. The molecule has 2 aromatic carbocycles. The van der Waals surface area contributed by atoms with Gasteiger partial charge in [-0.15, -0.1) is 0 Å². The number of rotatable bonds is 6. The first-order chi connectivity index (χ1) is 17.9. The second-order valence-corrected chi connectivity index (χ2v) is 8.82. The number of esters is 1. The van der Waals surface area contributed by atoms with E-state index in [4.69, 9.17) is 4.74 Å². The van der Waals surface area contributed by atoms with Gasteiger partial charge in [0.25, 0.3) is 11.7 Å². The number of imidazole rings is 1. The van der Waals surface area contributed by atoms with Crippen molar-refractivity contribution in [2.45, 2.75) is 19.4 Å². The Morgan fingerprint density at radius 3 is 2.41 bits per heavy atom. The molecule has 1 aliphatic rings. The van der Waals surface area contributed by atoms with Crippen molar-refractivity contribution in [2.75, 3.05) is 13.7 Å². The van der Waals surface area contributed by atoms with E-state index in [1.54, 1.807) is 53.9 Å². The molecular weight excluding hydrogens is 470 g/mol. The van der Waals surface area contributed by atoms with Crippen molar-refractivity contribution in [3.05, 3.63) is 113 Å². The number of carbonyl (C=O) groups is 3. The average Bonchev–Trinajstić information content (AvgIpc) is 3.39. The molecule has 1 saturated heterocycles. The van der Waals surface area contributed by atoms with Gasteiger partial charge in [-0.1, -0.05) is 48.5 Å². The van der Waals surface area contributed by atoms with E-state index in [-0.39, 0.29) is 17.9 Å². The fraction of sp³-hybridized carbons (Fsp3) is 0.172. The molecule has 37 heavy (non-hydrogen) atoms. The first-order valence-electron chi connectivity index (χ1n) is 11.9. The maximum Gasteiger partial charge on any atom is 0.337 e. The van der Waals surface area contributed by atoms with Crippen molar-refractivity contribution in [1.82, 2.24) is 14.3 Å². The van der Waals surface area contributed by atoms with Crippen LogP contribution in [0.4, 0.5) is 0 Å². The van der Waals surface area contributed by atoms with Crippen LogP contribution in [0.1, 0.15) is 38.9 Å². The fourth-order valence-electron chi connectivity index (χ4n) is 4.80. The number of aromatic nitrogens is 2. The maximum atomic E-state index is 13.4. The lowest BCUT2D eigenvalue weighted by molar-refractivity contribution is -0.139. The van der Waals surface area contributed by atoms with Gasteiger partial charge in [-0.05, 0) is 48.7 Å². The number of methoxy groups -OCH3 is 1. The number of likely N-dealkylation sites (tertiary alicyclic amines) is 1. The summed E-state index contributed by atoms with van der Waals surface area (Å²) in [5.41, 5.74) is 3.42. The third-order valence-corrected chi connectivity index (χ3v) is 6.60. The molecular formula is C29H25N3O5. The van der Waals surface area contributed by atoms with Gasteiger partial charge in [0.2, 0.25) is 0 Å². The van der Waals surface area contributed by atoms with Gasteiger partial charge in [0, 0.05) is 12.7 Å². The lowest BCUT2D eigenvalue weighted by Crippen LogP contribution is -2.31. The Morgan fingerprint density at radius 1 is 1.00 bits per heavy atom. The van der Waals surface area contributed by atoms with Gasteiger partial charge in [-0.3, -0.25) is 14.0 Å². The Bertz CT molecular complexity index is 1540. The van der Waals surface area contributed by atoms with Crippen LogP contribution in [0.25, 0.3) is 11.4 Å². The van der Waals surface area contributed by atoms with Gasteiger partial charge >= 0.3 is 5.97 Å². The minimum Gasteiger partial charge on any atom is -0.505 e. The Hall–Kier alpha value is -4.72. The molecule has 1 aliphatic heterocycles. The van der Waals surface area contributed by atoms with Crippen molar-refractivity contribution in [2.24, 2.45) is 0 Å². The number of Topliss-reactive ketones (excluding diaryl/α,β-unsaturated/α-hetero) is 1. The largest absolute Gasteiger partial charge is 0.505 e. The maximum absolute atomic E-state index is 13.4. The van der Waals surface area contributed by atoms with E-state index < -0.39 is 23.7 Å². The second-order valence-electron chi connectivity index (χ2n) is 8.82. The summed E-state index contributed by atoms with van der Waals surface area (Å²) in [6.45, 7) is 2.01. The topological polar surface area (TPSA) is 101 Å². The number of hydrogen-bond acceptors (Lipinski definition) is 6. The van der Waals surface area contributed by atoms with Crippen LogP contribution < -0.4 is 0 Å². The number of benzene rings is 2. The number of fused-ring (bicyclic) bond motifs is 1. The summed E-state index contributed by atoms with van der Waals surface area (Å²) >= 11 is 0. The van der Waals surface area contributed by atoms with E-state index in [1.165, 1.54) is 12.0 Å². The van der Waals surface area contributed by atoms with Crippen LogP contribution >= 0.6 is 0 Å². The zero-order valence-electron chi connectivity index (χ0n) is 20.4. The molecule has 1 N–H and O–H groups in total. The highest BCUT2D eigenvalue weighted by atomic mass is 16.5. The van der Waals surface area contributed by atoms with Crippen LogP contribution in [0.15, 0.2) is 84.6 Å². The summed E-state index contributed by atoms with van der Waals surface area (Å²) in [7, 11) is 1.30. The molecule has 0 saturated carbocycles. The van der Waals surface area contributed by atoms with Crippen molar-refractivity contribution in [3.8, 4) is 0 Å². The molecule has 3 heterocycles. The normalized spacial score (nSPS) is 16.9. The van der Waals surface area contributed by atoms with Crippen LogP contribution in [0.3, 0.4) is 0 Å². The summed E-state index contributed by atoms with van der Waals surface area (Å²) in [5.74, 6) is -2.24. The highest BCUT2D eigenvalue weighted by Crippen LogP contribution is 2.40. The van der Waals surface area contributed by atoms with Gasteiger partial charge < -0.3 is 14.7 Å². The number of aryl methyl sites for hydroxylation is 1. The molecule has 0 spiro atoms. The molecule has 1 unspecified atom stereocenters. The molecule has 1 atom stereocenters. The van der Waals surface area contributed by atoms with Gasteiger partial charge in [-0.25, -0.2) is 9.78 Å². The number of ether oxygens (including phenoxy) is 1. The van der Waals surface area contributed by atoms with Crippen molar-refractivity contribution in [1.29, 1.82) is 0 Å².